The van der Waals surface area contributed by atoms with Crippen LogP contribution in [0.2, 0.25) is 0 Å². The molecule has 0 atom stereocenters. The topological polar surface area (TPSA) is 74.8 Å². The number of H-pyrrole nitrogens is 1. The van der Waals surface area contributed by atoms with Gasteiger partial charge in [-0.1, -0.05) is 0 Å². The lowest BCUT2D eigenvalue weighted by atomic mass is 10.3. The van der Waals surface area contributed by atoms with Gasteiger partial charge in [0.05, 0.1) is 11.4 Å². The van der Waals surface area contributed by atoms with Gasteiger partial charge in [-0.05, 0) is 24.3 Å². The Hall–Kier alpha value is -2.03. The summed E-state index contributed by atoms with van der Waals surface area (Å²) >= 11 is 0. The largest absolute Gasteiger partial charge is 0.501 e. The number of nitrogens with one attached hydrogen (secondary N) is 2. The number of hydrogen-bond donors (Lipinski definition) is 2. The summed E-state index contributed by atoms with van der Waals surface area (Å²) in [5.74, 6) is 0.650. The van der Waals surface area contributed by atoms with Gasteiger partial charge in [0, 0.05) is 18.1 Å². The Morgan fingerprint density at radius 1 is 1.20 bits per heavy atom. The quantitative estimate of drug-likeness (QED) is 0.909. The lowest BCUT2D eigenvalue weighted by Gasteiger charge is -2.09. The smallest absolute Gasteiger partial charge is 0.378 e. The summed E-state index contributed by atoms with van der Waals surface area (Å²) in [5, 5.41) is 2.89. The first-order valence-electron chi connectivity index (χ1n) is 5.44. The van der Waals surface area contributed by atoms with Crippen LogP contribution < -0.4 is 5.32 Å². The van der Waals surface area contributed by atoms with E-state index in [4.69, 9.17) is 0 Å². The van der Waals surface area contributed by atoms with Crippen molar-refractivity contribution in [3.05, 3.63) is 42.5 Å². The van der Waals surface area contributed by atoms with E-state index in [9.17, 15) is 21.6 Å². The van der Waals surface area contributed by atoms with E-state index in [1.165, 1.54) is 12.1 Å². The number of rotatable bonds is 4. The fourth-order valence-corrected chi connectivity index (χ4v) is 2.23. The molecule has 0 aliphatic heterocycles. The second-order valence-corrected chi connectivity index (χ2v) is 5.80. The van der Waals surface area contributed by atoms with E-state index in [-0.39, 0.29) is 0 Å². The molecule has 0 unspecified atom stereocenters. The van der Waals surface area contributed by atoms with Crippen LogP contribution in [0.5, 0.6) is 0 Å². The van der Waals surface area contributed by atoms with Crippen molar-refractivity contribution in [3.63, 3.8) is 0 Å². The van der Waals surface area contributed by atoms with Crippen molar-refractivity contribution >= 4 is 15.5 Å². The van der Waals surface area contributed by atoms with Gasteiger partial charge in [0.15, 0.2) is 0 Å². The molecule has 9 heteroatoms. The average Bonchev–Trinajstić information content (AvgIpc) is 2.88. The highest BCUT2D eigenvalue weighted by molar-refractivity contribution is 7.92. The summed E-state index contributed by atoms with van der Waals surface area (Å²) < 4.78 is 59.3. The van der Waals surface area contributed by atoms with Crippen molar-refractivity contribution in [2.45, 2.75) is 16.9 Å². The molecule has 0 saturated carbocycles. The van der Waals surface area contributed by atoms with Gasteiger partial charge in [0.2, 0.25) is 0 Å². The molecule has 0 bridgehead atoms. The number of alkyl halides is 3. The number of halogens is 3. The maximum atomic E-state index is 12.3. The second kappa shape index (κ2) is 5.16. The molecule has 5 nitrogen and oxygen atoms in total. The highest BCUT2D eigenvalue weighted by Crippen LogP contribution is 2.30. The first-order chi connectivity index (χ1) is 9.30. The lowest BCUT2D eigenvalue weighted by Crippen LogP contribution is -2.23. The number of hydrogen-bond acceptors (Lipinski definition) is 4. The van der Waals surface area contributed by atoms with Crippen LogP contribution in [0.3, 0.4) is 0 Å². The number of sulfone groups is 1. The zero-order chi connectivity index (χ0) is 14.8. The Bertz CT molecular complexity index is 664. The molecule has 1 aromatic heterocycles. The van der Waals surface area contributed by atoms with Crippen molar-refractivity contribution in [2.75, 3.05) is 5.32 Å². The highest BCUT2D eigenvalue weighted by Gasteiger charge is 2.46. The van der Waals surface area contributed by atoms with E-state index in [1.807, 2.05) is 0 Å². The zero-order valence-corrected chi connectivity index (χ0v) is 10.8. The number of benzene rings is 1. The van der Waals surface area contributed by atoms with Crippen molar-refractivity contribution in [1.82, 2.24) is 9.97 Å². The van der Waals surface area contributed by atoms with Crippen LogP contribution >= 0.6 is 0 Å². The Labute approximate surface area is 112 Å². The van der Waals surface area contributed by atoms with Crippen molar-refractivity contribution in [3.8, 4) is 0 Å². The summed E-state index contributed by atoms with van der Waals surface area (Å²) in [6, 6.07) is 4.35. The molecule has 108 valence electrons. The maximum Gasteiger partial charge on any atom is 0.501 e. The van der Waals surface area contributed by atoms with Crippen molar-refractivity contribution < 1.29 is 21.6 Å². The molecule has 1 aromatic carbocycles. The lowest BCUT2D eigenvalue weighted by molar-refractivity contribution is -0.0436. The zero-order valence-electron chi connectivity index (χ0n) is 9.98. The maximum absolute atomic E-state index is 12.3. The van der Waals surface area contributed by atoms with Gasteiger partial charge in [-0.25, -0.2) is 13.4 Å². The van der Waals surface area contributed by atoms with E-state index < -0.39 is 20.2 Å². The van der Waals surface area contributed by atoms with Gasteiger partial charge < -0.3 is 10.3 Å². The number of aromatic nitrogens is 2. The summed E-state index contributed by atoms with van der Waals surface area (Å²) in [6.45, 7) is 0.346. The number of anilines is 1. The highest BCUT2D eigenvalue weighted by atomic mass is 32.2. The molecular weight excluding hydrogens is 295 g/mol. The van der Waals surface area contributed by atoms with Crippen LogP contribution in [-0.4, -0.2) is 23.9 Å². The first kappa shape index (κ1) is 14.4. The van der Waals surface area contributed by atoms with Crippen molar-refractivity contribution in [2.24, 2.45) is 0 Å². The monoisotopic (exact) mass is 305 g/mol. The number of aromatic amines is 1. The minimum atomic E-state index is -5.30. The van der Waals surface area contributed by atoms with Gasteiger partial charge in [-0.3, -0.25) is 0 Å². The fourth-order valence-electron chi connectivity index (χ4n) is 1.47. The van der Waals surface area contributed by atoms with Gasteiger partial charge >= 0.3 is 5.51 Å². The Morgan fingerprint density at radius 2 is 1.85 bits per heavy atom. The SMILES string of the molecule is O=S(=O)(c1ccc(NCc2ncc[nH]2)cc1)C(F)(F)F. The molecule has 2 aromatic rings. The van der Waals surface area contributed by atoms with Crippen LogP contribution in [0, 0.1) is 0 Å². The summed E-state index contributed by atoms with van der Waals surface area (Å²) in [7, 11) is -5.30. The summed E-state index contributed by atoms with van der Waals surface area (Å²) in [5.41, 5.74) is -4.81. The number of nitrogens with zero attached hydrogens (tertiary/aromatic N) is 1. The third-order valence-corrected chi connectivity index (χ3v) is 3.99. The van der Waals surface area contributed by atoms with Gasteiger partial charge in [-0.15, -0.1) is 0 Å². The van der Waals surface area contributed by atoms with E-state index in [0.717, 1.165) is 12.1 Å². The minimum absolute atomic E-state index is 0.346. The van der Waals surface area contributed by atoms with Crippen LogP contribution in [0.4, 0.5) is 18.9 Å². The Morgan fingerprint density at radius 3 is 2.35 bits per heavy atom. The van der Waals surface area contributed by atoms with Crippen molar-refractivity contribution in [1.29, 1.82) is 0 Å². The Balaban J connectivity index is 2.11. The van der Waals surface area contributed by atoms with Gasteiger partial charge in [-0.2, -0.15) is 13.2 Å². The normalized spacial score (nSPS) is 12.3. The molecule has 0 aliphatic carbocycles. The molecule has 1 heterocycles. The molecule has 2 rings (SSSR count). The second-order valence-electron chi connectivity index (χ2n) is 3.86. The van der Waals surface area contributed by atoms with Gasteiger partial charge in [0.25, 0.3) is 9.84 Å². The average molecular weight is 305 g/mol. The predicted octanol–water partition coefficient (Wildman–Crippen LogP) is 2.32. The molecule has 0 radical (unpaired) electrons. The third kappa shape index (κ3) is 2.93. The third-order valence-electron chi connectivity index (χ3n) is 2.48. The predicted molar refractivity (Wildman–Crippen MR) is 65.6 cm³/mol. The van der Waals surface area contributed by atoms with E-state index in [2.05, 4.69) is 15.3 Å². The standard InChI is InChI=1S/C11H10F3N3O2S/c12-11(13,14)20(18,19)9-3-1-8(2-4-9)17-7-10-15-5-6-16-10/h1-6,17H,7H2,(H,15,16). The summed E-state index contributed by atoms with van der Waals surface area (Å²) in [4.78, 5) is 6.02. The molecule has 0 aliphatic rings. The number of imidazole rings is 1. The molecule has 2 N–H and O–H groups in total. The summed E-state index contributed by atoms with van der Waals surface area (Å²) in [6.07, 6.45) is 3.20. The van der Waals surface area contributed by atoms with E-state index >= 15 is 0 Å². The minimum Gasteiger partial charge on any atom is -0.378 e. The first-order valence-corrected chi connectivity index (χ1v) is 6.92. The fraction of sp³-hybridized carbons (Fsp3) is 0.182. The Kier molecular flexibility index (Phi) is 3.71. The molecular formula is C11H10F3N3O2S. The van der Waals surface area contributed by atoms with E-state index in [0.29, 0.717) is 18.1 Å². The van der Waals surface area contributed by atoms with Crippen LogP contribution in [0.1, 0.15) is 5.82 Å². The molecule has 0 saturated heterocycles. The molecule has 0 amide bonds. The van der Waals surface area contributed by atoms with E-state index in [1.54, 1.807) is 12.4 Å². The van der Waals surface area contributed by atoms with Crippen LogP contribution in [0.25, 0.3) is 0 Å². The molecule has 20 heavy (non-hydrogen) atoms. The van der Waals surface area contributed by atoms with Crippen LogP contribution in [0.15, 0.2) is 41.6 Å². The molecule has 0 fully saturated rings. The van der Waals surface area contributed by atoms with Gasteiger partial charge in [0.1, 0.15) is 5.82 Å². The van der Waals surface area contributed by atoms with Crippen LogP contribution in [-0.2, 0) is 16.4 Å². The molecule has 0 spiro atoms.